The molecule has 0 heterocycles. The molecule has 90 valence electrons. The van der Waals surface area contributed by atoms with E-state index in [1.165, 1.54) is 5.56 Å². The molecule has 1 rings (SSSR count). The fourth-order valence-corrected chi connectivity index (χ4v) is 1.50. The Morgan fingerprint density at radius 1 is 1.31 bits per heavy atom. The molecule has 0 bridgehead atoms. The molecule has 0 aliphatic rings. The zero-order valence-corrected chi connectivity index (χ0v) is 10.4. The first-order valence-electron chi connectivity index (χ1n) is 5.74. The molecule has 1 aromatic rings. The molecule has 16 heavy (non-hydrogen) atoms. The number of benzene rings is 1. The largest absolute Gasteiger partial charge is 0.492 e. The second-order valence-corrected chi connectivity index (χ2v) is 3.71. The third-order valence-electron chi connectivity index (χ3n) is 2.28. The molecule has 0 saturated heterocycles. The minimum Gasteiger partial charge on any atom is -0.492 e. The van der Waals surface area contributed by atoms with E-state index in [2.05, 4.69) is 24.4 Å². The van der Waals surface area contributed by atoms with Crippen molar-refractivity contribution in [2.24, 2.45) is 0 Å². The van der Waals surface area contributed by atoms with E-state index >= 15 is 0 Å². The Morgan fingerprint density at radius 2 is 2.12 bits per heavy atom. The normalized spacial score (nSPS) is 10.2. The van der Waals surface area contributed by atoms with Crippen LogP contribution in [0.3, 0.4) is 0 Å². The average Bonchev–Trinajstić information content (AvgIpc) is 2.28. The van der Waals surface area contributed by atoms with Crippen LogP contribution >= 0.6 is 0 Å². The molecule has 0 fully saturated rings. The molecule has 1 aromatic carbocycles. The maximum Gasteiger partial charge on any atom is 0.142 e. The third kappa shape index (κ3) is 4.11. The SMILES string of the molecule is CCOc1ccc(C)cc1NCCCOC. The molecule has 0 radical (unpaired) electrons. The van der Waals surface area contributed by atoms with Gasteiger partial charge in [-0.05, 0) is 38.0 Å². The van der Waals surface area contributed by atoms with E-state index in [1.807, 2.05) is 13.0 Å². The van der Waals surface area contributed by atoms with E-state index in [4.69, 9.17) is 9.47 Å². The Bertz CT molecular complexity index is 313. The molecule has 0 aromatic heterocycles. The van der Waals surface area contributed by atoms with Crippen molar-refractivity contribution in [2.45, 2.75) is 20.3 Å². The van der Waals surface area contributed by atoms with Crippen LogP contribution in [0.2, 0.25) is 0 Å². The number of methoxy groups -OCH3 is 1. The molecule has 0 spiro atoms. The highest BCUT2D eigenvalue weighted by molar-refractivity contribution is 5.57. The van der Waals surface area contributed by atoms with Crippen molar-refractivity contribution in [3.05, 3.63) is 23.8 Å². The molecule has 0 amide bonds. The van der Waals surface area contributed by atoms with Gasteiger partial charge in [-0.25, -0.2) is 0 Å². The highest BCUT2D eigenvalue weighted by Crippen LogP contribution is 2.25. The van der Waals surface area contributed by atoms with Crippen LogP contribution in [0.15, 0.2) is 18.2 Å². The monoisotopic (exact) mass is 223 g/mol. The van der Waals surface area contributed by atoms with Crippen LogP contribution in [-0.2, 0) is 4.74 Å². The summed E-state index contributed by atoms with van der Waals surface area (Å²) in [5.74, 6) is 0.922. The molecular weight excluding hydrogens is 202 g/mol. The van der Waals surface area contributed by atoms with Gasteiger partial charge in [0.15, 0.2) is 0 Å². The number of nitrogens with one attached hydrogen (secondary N) is 1. The van der Waals surface area contributed by atoms with Gasteiger partial charge in [0.2, 0.25) is 0 Å². The maximum atomic E-state index is 5.56. The van der Waals surface area contributed by atoms with E-state index in [1.54, 1.807) is 7.11 Å². The summed E-state index contributed by atoms with van der Waals surface area (Å²) in [6, 6.07) is 6.18. The zero-order chi connectivity index (χ0) is 11.8. The first-order valence-corrected chi connectivity index (χ1v) is 5.74. The molecule has 0 atom stereocenters. The zero-order valence-electron chi connectivity index (χ0n) is 10.4. The highest BCUT2D eigenvalue weighted by atomic mass is 16.5. The van der Waals surface area contributed by atoms with Crippen LogP contribution in [0.5, 0.6) is 5.75 Å². The van der Waals surface area contributed by atoms with E-state index < -0.39 is 0 Å². The quantitative estimate of drug-likeness (QED) is 0.721. The molecule has 3 nitrogen and oxygen atoms in total. The second kappa shape index (κ2) is 7.12. The van der Waals surface area contributed by atoms with Gasteiger partial charge in [0.1, 0.15) is 5.75 Å². The van der Waals surface area contributed by atoms with Crippen LogP contribution < -0.4 is 10.1 Å². The number of anilines is 1. The number of hydrogen-bond acceptors (Lipinski definition) is 3. The summed E-state index contributed by atoms with van der Waals surface area (Å²) in [6.07, 6.45) is 0.996. The Hall–Kier alpha value is -1.22. The van der Waals surface area contributed by atoms with Crippen molar-refractivity contribution >= 4 is 5.69 Å². The molecule has 0 aliphatic carbocycles. The predicted molar refractivity (Wildman–Crippen MR) is 67.3 cm³/mol. The number of ether oxygens (including phenoxy) is 2. The predicted octanol–water partition coefficient (Wildman–Crippen LogP) is 2.84. The van der Waals surface area contributed by atoms with Gasteiger partial charge in [-0.3, -0.25) is 0 Å². The Labute approximate surface area is 97.8 Å². The van der Waals surface area contributed by atoms with Crippen molar-refractivity contribution in [1.82, 2.24) is 0 Å². The molecule has 1 N–H and O–H groups in total. The van der Waals surface area contributed by atoms with Gasteiger partial charge in [0.25, 0.3) is 0 Å². The van der Waals surface area contributed by atoms with Crippen LogP contribution in [0.1, 0.15) is 18.9 Å². The Morgan fingerprint density at radius 3 is 2.81 bits per heavy atom. The topological polar surface area (TPSA) is 30.5 Å². The van der Waals surface area contributed by atoms with Gasteiger partial charge in [-0.2, -0.15) is 0 Å². The molecule has 0 saturated carbocycles. The number of hydrogen-bond donors (Lipinski definition) is 1. The van der Waals surface area contributed by atoms with Gasteiger partial charge in [-0.1, -0.05) is 6.07 Å². The van der Waals surface area contributed by atoms with Gasteiger partial charge >= 0.3 is 0 Å². The van der Waals surface area contributed by atoms with Crippen LogP contribution in [0.25, 0.3) is 0 Å². The van der Waals surface area contributed by atoms with Crippen LogP contribution in [0.4, 0.5) is 5.69 Å². The minimum absolute atomic E-state index is 0.690. The standard InChI is InChI=1S/C13H21NO2/c1-4-16-13-7-6-11(2)10-12(13)14-8-5-9-15-3/h6-7,10,14H,4-5,8-9H2,1-3H3. The maximum absolute atomic E-state index is 5.56. The van der Waals surface area contributed by atoms with Gasteiger partial charge in [-0.15, -0.1) is 0 Å². The third-order valence-corrected chi connectivity index (χ3v) is 2.28. The van der Waals surface area contributed by atoms with Crippen molar-refractivity contribution in [3.8, 4) is 5.75 Å². The van der Waals surface area contributed by atoms with Gasteiger partial charge in [0, 0.05) is 20.3 Å². The molecule has 0 unspecified atom stereocenters. The summed E-state index contributed by atoms with van der Waals surface area (Å²) in [5.41, 5.74) is 2.30. The van der Waals surface area contributed by atoms with Crippen molar-refractivity contribution in [2.75, 3.05) is 32.2 Å². The summed E-state index contributed by atoms with van der Waals surface area (Å²) >= 11 is 0. The lowest BCUT2D eigenvalue weighted by Crippen LogP contribution is -2.06. The van der Waals surface area contributed by atoms with E-state index in [9.17, 15) is 0 Å². The highest BCUT2D eigenvalue weighted by Gasteiger charge is 2.02. The fraction of sp³-hybridized carbons (Fsp3) is 0.538. The van der Waals surface area contributed by atoms with Gasteiger partial charge < -0.3 is 14.8 Å². The molecule has 3 heteroatoms. The van der Waals surface area contributed by atoms with Crippen LogP contribution in [0, 0.1) is 6.92 Å². The smallest absolute Gasteiger partial charge is 0.142 e. The van der Waals surface area contributed by atoms with Crippen molar-refractivity contribution in [3.63, 3.8) is 0 Å². The molecular formula is C13H21NO2. The lowest BCUT2D eigenvalue weighted by Gasteiger charge is -2.13. The Balaban J connectivity index is 2.57. The average molecular weight is 223 g/mol. The van der Waals surface area contributed by atoms with Gasteiger partial charge in [0.05, 0.1) is 12.3 Å². The minimum atomic E-state index is 0.690. The first kappa shape index (κ1) is 12.8. The summed E-state index contributed by atoms with van der Waals surface area (Å²) in [5, 5.41) is 3.37. The summed E-state index contributed by atoms with van der Waals surface area (Å²) in [4.78, 5) is 0. The number of rotatable bonds is 7. The summed E-state index contributed by atoms with van der Waals surface area (Å²) < 4.78 is 10.6. The van der Waals surface area contributed by atoms with E-state index in [0.29, 0.717) is 6.61 Å². The lowest BCUT2D eigenvalue weighted by molar-refractivity contribution is 0.197. The Kier molecular flexibility index (Phi) is 5.72. The summed E-state index contributed by atoms with van der Waals surface area (Å²) in [6.45, 7) is 6.45. The molecule has 0 aliphatic heterocycles. The second-order valence-electron chi connectivity index (χ2n) is 3.71. The van der Waals surface area contributed by atoms with Crippen molar-refractivity contribution < 1.29 is 9.47 Å². The first-order chi connectivity index (χ1) is 7.77. The fourth-order valence-electron chi connectivity index (χ4n) is 1.50. The summed E-state index contributed by atoms with van der Waals surface area (Å²) in [7, 11) is 1.72. The lowest BCUT2D eigenvalue weighted by atomic mass is 10.2. The van der Waals surface area contributed by atoms with E-state index in [-0.39, 0.29) is 0 Å². The van der Waals surface area contributed by atoms with E-state index in [0.717, 1.165) is 31.0 Å². The van der Waals surface area contributed by atoms with Crippen LogP contribution in [-0.4, -0.2) is 26.9 Å². The number of aryl methyl sites for hydroxylation is 1. The van der Waals surface area contributed by atoms with Crippen molar-refractivity contribution in [1.29, 1.82) is 0 Å².